The molecular formula is C18H20N2O4. The fraction of sp³-hybridized carbons (Fsp3) is 0.278. The van der Waals surface area contributed by atoms with Gasteiger partial charge >= 0.3 is 0 Å². The smallest absolute Gasteiger partial charge is 0.274 e. The molecule has 0 aliphatic carbocycles. The zero-order chi connectivity index (χ0) is 17.7. The van der Waals surface area contributed by atoms with Crippen LogP contribution in [0.25, 0.3) is 0 Å². The molecule has 0 saturated carbocycles. The van der Waals surface area contributed by atoms with Crippen LogP contribution in [0.5, 0.6) is 5.75 Å². The second-order valence-electron chi connectivity index (χ2n) is 5.56. The second-order valence-corrected chi connectivity index (χ2v) is 5.56. The van der Waals surface area contributed by atoms with Crippen molar-refractivity contribution < 1.29 is 14.5 Å². The molecule has 2 rings (SSSR count). The molecule has 0 bridgehead atoms. The minimum absolute atomic E-state index is 0.00132. The fourth-order valence-electron chi connectivity index (χ4n) is 2.52. The van der Waals surface area contributed by atoms with Crippen LogP contribution in [0.2, 0.25) is 0 Å². The molecule has 0 spiro atoms. The van der Waals surface area contributed by atoms with Crippen LogP contribution in [0, 0.1) is 24.0 Å². The lowest BCUT2D eigenvalue weighted by Crippen LogP contribution is -2.13. The summed E-state index contributed by atoms with van der Waals surface area (Å²) in [5.74, 6) is 0.641. The number of nitrogens with one attached hydrogen (secondary N) is 1. The molecule has 0 radical (unpaired) electrons. The Bertz CT molecular complexity index is 772. The van der Waals surface area contributed by atoms with Crippen molar-refractivity contribution in [2.45, 2.75) is 26.7 Å². The van der Waals surface area contributed by atoms with Gasteiger partial charge < -0.3 is 10.1 Å². The van der Waals surface area contributed by atoms with E-state index in [1.54, 1.807) is 26.2 Å². The Morgan fingerprint density at radius 2 is 2.00 bits per heavy atom. The predicted molar refractivity (Wildman–Crippen MR) is 92.5 cm³/mol. The van der Waals surface area contributed by atoms with Crippen molar-refractivity contribution in [1.29, 1.82) is 0 Å². The lowest BCUT2D eigenvalue weighted by atomic mass is 10.1. The predicted octanol–water partition coefficient (Wildman–Crippen LogP) is 3.79. The molecule has 1 amide bonds. The van der Waals surface area contributed by atoms with E-state index in [1.807, 2.05) is 25.1 Å². The van der Waals surface area contributed by atoms with Gasteiger partial charge in [0.05, 0.1) is 23.3 Å². The van der Waals surface area contributed by atoms with Crippen molar-refractivity contribution in [3.63, 3.8) is 0 Å². The number of anilines is 1. The van der Waals surface area contributed by atoms with Gasteiger partial charge in [-0.3, -0.25) is 14.9 Å². The molecule has 2 aromatic rings. The minimum atomic E-state index is -0.453. The number of aryl methyl sites for hydroxylation is 2. The van der Waals surface area contributed by atoms with E-state index in [9.17, 15) is 14.9 Å². The molecule has 0 aliphatic heterocycles. The van der Waals surface area contributed by atoms with Crippen LogP contribution in [0.1, 0.15) is 23.1 Å². The molecule has 0 unspecified atom stereocenters. The molecule has 0 aromatic heterocycles. The number of hydrogen-bond donors (Lipinski definition) is 1. The summed E-state index contributed by atoms with van der Waals surface area (Å²) in [6.07, 6.45) is 0.887. The molecule has 24 heavy (non-hydrogen) atoms. The van der Waals surface area contributed by atoms with Crippen molar-refractivity contribution in [1.82, 2.24) is 0 Å². The summed E-state index contributed by atoms with van der Waals surface area (Å²) in [6.45, 7) is 3.58. The monoisotopic (exact) mass is 328 g/mol. The maximum absolute atomic E-state index is 12.1. The topological polar surface area (TPSA) is 81.5 Å². The first kappa shape index (κ1) is 17.5. The van der Waals surface area contributed by atoms with Gasteiger partial charge in [-0.1, -0.05) is 18.2 Å². The standard InChI is InChI=1S/C18H20N2O4/c1-12-11-14(7-9-17(12)24-3)8-10-18(21)19-15-5-4-6-16(13(15)2)20(22)23/h4-7,9,11H,8,10H2,1-3H3,(H,19,21). The molecule has 0 heterocycles. The molecule has 0 atom stereocenters. The summed E-state index contributed by atoms with van der Waals surface area (Å²) in [5, 5.41) is 13.7. The molecule has 0 fully saturated rings. The van der Waals surface area contributed by atoms with E-state index < -0.39 is 4.92 Å². The van der Waals surface area contributed by atoms with Crippen LogP contribution in [-0.2, 0) is 11.2 Å². The van der Waals surface area contributed by atoms with Gasteiger partial charge in [-0.25, -0.2) is 0 Å². The number of benzene rings is 2. The Labute approximate surface area is 140 Å². The van der Waals surface area contributed by atoms with E-state index in [2.05, 4.69) is 5.32 Å². The quantitative estimate of drug-likeness (QED) is 0.646. The highest BCUT2D eigenvalue weighted by molar-refractivity contribution is 5.92. The molecule has 1 N–H and O–H groups in total. The van der Waals surface area contributed by atoms with Gasteiger partial charge in [0, 0.05) is 12.5 Å². The molecule has 6 heteroatoms. The Balaban J connectivity index is 2.00. The van der Waals surface area contributed by atoms with Crippen LogP contribution >= 0.6 is 0 Å². The number of methoxy groups -OCH3 is 1. The first-order chi connectivity index (χ1) is 11.4. The Morgan fingerprint density at radius 3 is 2.62 bits per heavy atom. The summed E-state index contributed by atoms with van der Waals surface area (Å²) in [6, 6.07) is 10.5. The lowest BCUT2D eigenvalue weighted by Gasteiger charge is -2.10. The van der Waals surface area contributed by atoms with Crippen molar-refractivity contribution in [2.75, 3.05) is 12.4 Å². The highest BCUT2D eigenvalue weighted by Crippen LogP contribution is 2.25. The molecule has 0 saturated heterocycles. The van der Waals surface area contributed by atoms with Crippen molar-refractivity contribution in [2.24, 2.45) is 0 Å². The van der Waals surface area contributed by atoms with E-state index in [4.69, 9.17) is 4.74 Å². The van der Waals surface area contributed by atoms with Crippen molar-refractivity contribution in [3.05, 3.63) is 63.2 Å². The van der Waals surface area contributed by atoms with Gasteiger partial charge in [0.2, 0.25) is 5.91 Å². The van der Waals surface area contributed by atoms with Crippen LogP contribution < -0.4 is 10.1 Å². The van der Waals surface area contributed by atoms with E-state index in [-0.39, 0.29) is 11.6 Å². The highest BCUT2D eigenvalue weighted by Gasteiger charge is 2.14. The van der Waals surface area contributed by atoms with Gasteiger partial charge in [0.25, 0.3) is 5.69 Å². The number of carbonyl (C=O) groups excluding carboxylic acids is 1. The highest BCUT2D eigenvalue weighted by atomic mass is 16.6. The van der Waals surface area contributed by atoms with Crippen LogP contribution in [0.3, 0.4) is 0 Å². The number of nitrogens with zero attached hydrogens (tertiary/aromatic N) is 1. The number of hydrogen-bond acceptors (Lipinski definition) is 4. The third-order valence-electron chi connectivity index (χ3n) is 3.88. The third-order valence-corrected chi connectivity index (χ3v) is 3.88. The largest absolute Gasteiger partial charge is 0.496 e. The van der Waals surface area contributed by atoms with Crippen molar-refractivity contribution in [3.8, 4) is 5.75 Å². The minimum Gasteiger partial charge on any atom is -0.496 e. The molecule has 6 nitrogen and oxygen atoms in total. The Hall–Kier alpha value is -2.89. The number of rotatable bonds is 6. The maximum atomic E-state index is 12.1. The zero-order valence-corrected chi connectivity index (χ0v) is 14.0. The third kappa shape index (κ3) is 4.10. The van der Waals surface area contributed by atoms with E-state index in [0.29, 0.717) is 24.1 Å². The fourth-order valence-corrected chi connectivity index (χ4v) is 2.52. The Kier molecular flexibility index (Phi) is 5.52. The SMILES string of the molecule is COc1ccc(CCC(=O)Nc2cccc([N+](=O)[O-])c2C)cc1C. The Morgan fingerprint density at radius 1 is 1.25 bits per heavy atom. The summed E-state index contributed by atoms with van der Waals surface area (Å²) in [5.41, 5.74) is 2.99. The van der Waals surface area contributed by atoms with Gasteiger partial charge in [0.1, 0.15) is 5.75 Å². The summed E-state index contributed by atoms with van der Waals surface area (Å²) in [7, 11) is 1.62. The number of carbonyl (C=O) groups is 1. The average Bonchev–Trinajstić information content (AvgIpc) is 2.54. The molecule has 2 aromatic carbocycles. The number of amides is 1. The first-order valence-electron chi connectivity index (χ1n) is 7.59. The van der Waals surface area contributed by atoms with Crippen LogP contribution in [-0.4, -0.2) is 17.9 Å². The van der Waals surface area contributed by atoms with E-state index >= 15 is 0 Å². The number of ether oxygens (including phenoxy) is 1. The van der Waals surface area contributed by atoms with E-state index in [0.717, 1.165) is 16.9 Å². The summed E-state index contributed by atoms with van der Waals surface area (Å²) < 4.78 is 5.21. The number of nitro groups is 1. The van der Waals surface area contributed by atoms with Gasteiger partial charge in [0.15, 0.2) is 0 Å². The zero-order valence-electron chi connectivity index (χ0n) is 14.0. The first-order valence-corrected chi connectivity index (χ1v) is 7.59. The van der Waals surface area contributed by atoms with Gasteiger partial charge in [-0.15, -0.1) is 0 Å². The van der Waals surface area contributed by atoms with E-state index in [1.165, 1.54) is 6.07 Å². The van der Waals surface area contributed by atoms with Crippen LogP contribution in [0.4, 0.5) is 11.4 Å². The van der Waals surface area contributed by atoms with Gasteiger partial charge in [-0.05, 0) is 43.5 Å². The number of nitro benzene ring substituents is 1. The average molecular weight is 328 g/mol. The maximum Gasteiger partial charge on any atom is 0.274 e. The summed E-state index contributed by atoms with van der Waals surface area (Å²) >= 11 is 0. The van der Waals surface area contributed by atoms with Crippen LogP contribution in [0.15, 0.2) is 36.4 Å². The molecular weight excluding hydrogens is 308 g/mol. The lowest BCUT2D eigenvalue weighted by molar-refractivity contribution is -0.385. The molecule has 0 aliphatic rings. The summed E-state index contributed by atoms with van der Waals surface area (Å²) in [4.78, 5) is 22.6. The second kappa shape index (κ2) is 7.59. The van der Waals surface area contributed by atoms with Crippen molar-refractivity contribution >= 4 is 17.3 Å². The normalized spacial score (nSPS) is 10.3. The van der Waals surface area contributed by atoms with Gasteiger partial charge in [-0.2, -0.15) is 0 Å². The molecule has 126 valence electrons.